The second kappa shape index (κ2) is 8.60. The number of nitrogens with zero attached hydrogens (tertiary/aromatic N) is 4. The van der Waals surface area contributed by atoms with E-state index < -0.39 is 10.0 Å². The van der Waals surface area contributed by atoms with Gasteiger partial charge in [-0.05, 0) is 56.3 Å². The summed E-state index contributed by atoms with van der Waals surface area (Å²) in [6.07, 6.45) is 3.41. The Hall–Kier alpha value is -4.05. The van der Waals surface area contributed by atoms with Crippen LogP contribution in [0.3, 0.4) is 0 Å². The summed E-state index contributed by atoms with van der Waals surface area (Å²) in [5.74, 6) is 1.67. The van der Waals surface area contributed by atoms with E-state index in [1.807, 2.05) is 0 Å². The zero-order chi connectivity index (χ0) is 22.7. The first-order valence-corrected chi connectivity index (χ1v) is 11.1. The number of ether oxygens (including phenoxy) is 1. The van der Waals surface area contributed by atoms with Gasteiger partial charge in [-0.3, -0.25) is 9.52 Å². The molecule has 0 radical (unpaired) electrons. The molecule has 32 heavy (non-hydrogen) atoms. The number of sulfonamides is 1. The minimum absolute atomic E-state index is 0.00754. The van der Waals surface area contributed by atoms with E-state index in [0.29, 0.717) is 34.5 Å². The van der Waals surface area contributed by atoms with Crippen molar-refractivity contribution in [2.75, 3.05) is 4.72 Å². The Bertz CT molecular complexity index is 1370. The van der Waals surface area contributed by atoms with Gasteiger partial charge in [-0.25, -0.2) is 18.1 Å². The lowest BCUT2D eigenvalue weighted by Gasteiger charge is -2.11. The molecule has 1 N–H and O–H groups in total. The van der Waals surface area contributed by atoms with Gasteiger partial charge < -0.3 is 4.74 Å². The summed E-state index contributed by atoms with van der Waals surface area (Å²) < 4.78 is 35.2. The molecule has 162 valence electrons. The molecule has 4 rings (SSSR count). The van der Waals surface area contributed by atoms with E-state index in [0.717, 1.165) is 0 Å². The fourth-order valence-electron chi connectivity index (χ4n) is 2.91. The minimum Gasteiger partial charge on any atom is -0.439 e. The molecule has 2 heterocycles. The summed E-state index contributed by atoms with van der Waals surface area (Å²) in [5, 5.41) is 4.15. The lowest BCUT2D eigenvalue weighted by Crippen LogP contribution is -2.13. The van der Waals surface area contributed by atoms with Gasteiger partial charge in [0.2, 0.25) is 5.88 Å². The zero-order valence-electron chi connectivity index (χ0n) is 17.3. The average Bonchev–Trinajstić information content (AvgIpc) is 3.30. The smallest absolute Gasteiger partial charge is 0.261 e. The molecule has 0 aliphatic heterocycles. The number of aromatic nitrogens is 4. The Balaban J connectivity index is 1.50. The molecular weight excluding hydrogens is 430 g/mol. The fraction of sp³-hybridized carbons (Fsp3) is 0.0909. The Kier molecular flexibility index (Phi) is 5.69. The van der Waals surface area contributed by atoms with Gasteiger partial charge in [0.25, 0.3) is 10.0 Å². The van der Waals surface area contributed by atoms with E-state index in [9.17, 15) is 13.2 Å². The number of ketones is 1. The number of hydrogen-bond donors (Lipinski definition) is 1. The second-order valence-electron chi connectivity index (χ2n) is 6.88. The molecule has 0 bridgehead atoms. The summed E-state index contributed by atoms with van der Waals surface area (Å²) in [5.41, 5.74) is 0.674. The van der Waals surface area contributed by atoms with Crippen LogP contribution in [-0.4, -0.2) is 33.9 Å². The molecule has 2 aromatic carbocycles. The molecule has 0 saturated heterocycles. The largest absolute Gasteiger partial charge is 0.439 e. The summed E-state index contributed by atoms with van der Waals surface area (Å²) >= 11 is 0. The van der Waals surface area contributed by atoms with Crippen LogP contribution >= 0.6 is 0 Å². The summed E-state index contributed by atoms with van der Waals surface area (Å²) in [6.45, 7) is 3.13. The second-order valence-corrected chi connectivity index (χ2v) is 8.56. The van der Waals surface area contributed by atoms with Crippen LogP contribution in [0.5, 0.6) is 11.6 Å². The molecular formula is C22H19N5O4S. The number of rotatable bonds is 7. The SMILES string of the molecule is CC(=O)c1cccc(S(=O)(=O)Nc2ccc(Oc3cc(-n4cccn4)nc(C)n3)cc2)c1. The van der Waals surface area contributed by atoms with Crippen LogP contribution in [0.15, 0.2) is 78.0 Å². The van der Waals surface area contributed by atoms with E-state index in [-0.39, 0.29) is 10.7 Å². The molecule has 0 aliphatic carbocycles. The number of carbonyl (C=O) groups excluding carboxylic acids is 1. The Morgan fingerprint density at radius 2 is 1.81 bits per heavy atom. The predicted octanol–water partition coefficient (Wildman–Crippen LogP) is 3.77. The maximum absolute atomic E-state index is 12.7. The van der Waals surface area contributed by atoms with E-state index in [1.165, 1.54) is 25.1 Å². The number of carbonyl (C=O) groups is 1. The fourth-order valence-corrected chi connectivity index (χ4v) is 4.01. The van der Waals surface area contributed by atoms with Gasteiger partial charge in [-0.1, -0.05) is 12.1 Å². The van der Waals surface area contributed by atoms with Gasteiger partial charge in [0.15, 0.2) is 11.6 Å². The van der Waals surface area contributed by atoms with Crippen LogP contribution in [0.4, 0.5) is 5.69 Å². The Labute approximate surface area is 184 Å². The predicted molar refractivity (Wildman–Crippen MR) is 118 cm³/mol. The Morgan fingerprint density at radius 3 is 2.50 bits per heavy atom. The maximum atomic E-state index is 12.7. The van der Waals surface area contributed by atoms with Crippen LogP contribution in [0.25, 0.3) is 5.82 Å². The molecule has 4 aromatic rings. The first-order chi connectivity index (χ1) is 15.3. The molecule has 0 amide bonds. The normalized spacial score (nSPS) is 11.2. The van der Waals surface area contributed by atoms with E-state index >= 15 is 0 Å². The molecule has 0 saturated carbocycles. The van der Waals surface area contributed by atoms with Crippen molar-refractivity contribution >= 4 is 21.5 Å². The molecule has 0 fully saturated rings. The molecule has 0 unspecified atom stereocenters. The molecule has 0 aliphatic rings. The molecule has 9 nitrogen and oxygen atoms in total. The summed E-state index contributed by atoms with van der Waals surface area (Å²) in [6, 6.07) is 15.7. The van der Waals surface area contributed by atoms with Crippen molar-refractivity contribution in [3.63, 3.8) is 0 Å². The molecule has 0 atom stereocenters. The number of benzene rings is 2. The van der Waals surface area contributed by atoms with Gasteiger partial charge >= 0.3 is 0 Å². The van der Waals surface area contributed by atoms with Gasteiger partial charge in [0.05, 0.1) is 4.90 Å². The monoisotopic (exact) mass is 449 g/mol. The number of hydrogen-bond acceptors (Lipinski definition) is 7. The van der Waals surface area contributed by atoms with Crippen LogP contribution in [0, 0.1) is 6.92 Å². The van der Waals surface area contributed by atoms with Crippen LogP contribution in [0.1, 0.15) is 23.1 Å². The van der Waals surface area contributed by atoms with Crippen LogP contribution < -0.4 is 9.46 Å². The quantitative estimate of drug-likeness (QED) is 0.427. The van der Waals surface area contributed by atoms with Gasteiger partial charge in [0.1, 0.15) is 11.6 Å². The van der Waals surface area contributed by atoms with Crippen molar-refractivity contribution in [2.45, 2.75) is 18.7 Å². The van der Waals surface area contributed by atoms with Gasteiger partial charge in [-0.2, -0.15) is 10.1 Å². The van der Waals surface area contributed by atoms with Gasteiger partial charge in [0, 0.05) is 29.7 Å². The molecule has 10 heteroatoms. The van der Waals surface area contributed by atoms with E-state index in [4.69, 9.17) is 4.74 Å². The minimum atomic E-state index is -3.85. The van der Waals surface area contributed by atoms with Crippen molar-refractivity contribution in [2.24, 2.45) is 0 Å². The maximum Gasteiger partial charge on any atom is 0.261 e. The molecule has 0 spiro atoms. The number of anilines is 1. The average molecular weight is 449 g/mol. The molecule has 2 aromatic heterocycles. The summed E-state index contributed by atoms with van der Waals surface area (Å²) in [7, 11) is -3.85. The standard InChI is InChI=1S/C22H19N5O4S/c1-15(28)17-5-3-6-20(13-17)32(29,30)26-18-7-9-19(10-8-18)31-22-14-21(24-16(2)25-22)27-12-4-11-23-27/h3-14,26H,1-2H3. The first kappa shape index (κ1) is 21.2. The first-order valence-electron chi connectivity index (χ1n) is 9.58. The third-order valence-electron chi connectivity index (χ3n) is 4.42. The lowest BCUT2D eigenvalue weighted by atomic mass is 10.2. The zero-order valence-corrected chi connectivity index (χ0v) is 18.1. The highest BCUT2D eigenvalue weighted by atomic mass is 32.2. The highest BCUT2D eigenvalue weighted by Crippen LogP contribution is 2.24. The van der Waals surface area contributed by atoms with E-state index in [2.05, 4.69) is 19.8 Å². The van der Waals surface area contributed by atoms with E-state index in [1.54, 1.807) is 66.5 Å². The number of aryl methyl sites for hydroxylation is 1. The topological polar surface area (TPSA) is 116 Å². The van der Waals surface area contributed by atoms with Crippen molar-refractivity contribution in [1.29, 1.82) is 0 Å². The van der Waals surface area contributed by atoms with Crippen LogP contribution in [0.2, 0.25) is 0 Å². The highest BCUT2D eigenvalue weighted by molar-refractivity contribution is 7.92. The third kappa shape index (κ3) is 4.81. The summed E-state index contributed by atoms with van der Waals surface area (Å²) in [4.78, 5) is 20.1. The Morgan fingerprint density at radius 1 is 1.03 bits per heavy atom. The van der Waals surface area contributed by atoms with Gasteiger partial charge in [-0.15, -0.1) is 0 Å². The van der Waals surface area contributed by atoms with Crippen molar-refractivity contribution < 1.29 is 17.9 Å². The van der Waals surface area contributed by atoms with Crippen molar-refractivity contribution in [3.8, 4) is 17.4 Å². The van der Waals surface area contributed by atoms with Crippen molar-refractivity contribution in [3.05, 3.63) is 84.4 Å². The van der Waals surface area contributed by atoms with Crippen molar-refractivity contribution in [1.82, 2.24) is 19.7 Å². The lowest BCUT2D eigenvalue weighted by molar-refractivity contribution is 0.101. The highest BCUT2D eigenvalue weighted by Gasteiger charge is 2.16. The third-order valence-corrected chi connectivity index (χ3v) is 5.80. The number of nitrogens with one attached hydrogen (secondary N) is 1. The number of Topliss-reactive ketones (excluding diaryl/α,β-unsaturated/α-hetero) is 1. The van der Waals surface area contributed by atoms with Crippen LogP contribution in [-0.2, 0) is 10.0 Å².